The van der Waals surface area contributed by atoms with E-state index in [9.17, 15) is 14.7 Å². The lowest BCUT2D eigenvalue weighted by atomic mass is 9.92. The van der Waals surface area contributed by atoms with E-state index in [1.54, 1.807) is 23.1 Å². The summed E-state index contributed by atoms with van der Waals surface area (Å²) in [6.07, 6.45) is 4.73. The number of hydrogen-bond donors (Lipinski definition) is 1. The average molecular weight is 420 g/mol. The van der Waals surface area contributed by atoms with Crippen LogP contribution in [0.1, 0.15) is 61.8 Å². The standard InChI is InChI=1S/C26H29NO4/c1-3-15-31-20-13-8-10-18(16-20)24(28)22-23(21-14-7-4-9-17(21)2)27(26(30)25(22)29)19-11-5-6-12-19/h4,7-10,13-14,16,19,23,28H,3,5-6,11-12,15H2,1-2H3/b24-22+. The number of Topliss-reactive ketones (excluding diaryl/α,β-unsaturated/α-hetero) is 1. The Morgan fingerprint density at radius 2 is 1.84 bits per heavy atom. The van der Waals surface area contributed by atoms with Gasteiger partial charge in [0.25, 0.3) is 11.7 Å². The van der Waals surface area contributed by atoms with Crippen molar-refractivity contribution in [3.8, 4) is 5.75 Å². The minimum Gasteiger partial charge on any atom is -0.507 e. The van der Waals surface area contributed by atoms with Crippen molar-refractivity contribution in [3.63, 3.8) is 0 Å². The lowest BCUT2D eigenvalue weighted by Crippen LogP contribution is -2.37. The summed E-state index contributed by atoms with van der Waals surface area (Å²) in [5.74, 6) is -0.643. The van der Waals surface area contributed by atoms with E-state index < -0.39 is 17.7 Å². The predicted molar refractivity (Wildman–Crippen MR) is 120 cm³/mol. The second-order valence-electron chi connectivity index (χ2n) is 8.38. The first-order valence-corrected chi connectivity index (χ1v) is 11.1. The van der Waals surface area contributed by atoms with Crippen molar-refractivity contribution in [2.75, 3.05) is 6.61 Å². The smallest absolute Gasteiger partial charge is 0.295 e. The fraction of sp³-hybridized carbons (Fsp3) is 0.385. The summed E-state index contributed by atoms with van der Waals surface area (Å²) >= 11 is 0. The quantitative estimate of drug-likeness (QED) is 0.400. The van der Waals surface area contributed by atoms with Crippen molar-refractivity contribution in [1.29, 1.82) is 0 Å². The number of ketones is 1. The highest BCUT2D eigenvalue weighted by Gasteiger charge is 2.49. The summed E-state index contributed by atoms with van der Waals surface area (Å²) in [4.78, 5) is 28.1. The summed E-state index contributed by atoms with van der Waals surface area (Å²) in [6.45, 7) is 4.57. The number of carbonyl (C=O) groups excluding carboxylic acids is 2. The topological polar surface area (TPSA) is 66.8 Å². The molecule has 0 bridgehead atoms. The predicted octanol–water partition coefficient (Wildman–Crippen LogP) is 5.15. The zero-order chi connectivity index (χ0) is 22.0. The largest absolute Gasteiger partial charge is 0.507 e. The number of carbonyl (C=O) groups is 2. The Labute approximate surface area is 183 Å². The molecule has 2 aliphatic rings. The fourth-order valence-corrected chi connectivity index (χ4v) is 4.72. The molecule has 5 heteroatoms. The molecule has 1 heterocycles. The molecule has 0 spiro atoms. The third-order valence-corrected chi connectivity index (χ3v) is 6.26. The molecule has 1 aliphatic heterocycles. The molecular formula is C26H29NO4. The van der Waals surface area contributed by atoms with E-state index in [4.69, 9.17) is 4.74 Å². The number of aliphatic hydroxyl groups is 1. The molecule has 1 N–H and O–H groups in total. The van der Waals surface area contributed by atoms with Gasteiger partial charge in [-0.2, -0.15) is 0 Å². The minimum absolute atomic E-state index is 0.0191. The van der Waals surface area contributed by atoms with Gasteiger partial charge in [-0.15, -0.1) is 0 Å². The van der Waals surface area contributed by atoms with Gasteiger partial charge in [0.05, 0.1) is 18.2 Å². The van der Waals surface area contributed by atoms with Crippen LogP contribution in [0, 0.1) is 6.92 Å². The van der Waals surface area contributed by atoms with E-state index >= 15 is 0 Å². The summed E-state index contributed by atoms with van der Waals surface area (Å²) < 4.78 is 5.69. The fourth-order valence-electron chi connectivity index (χ4n) is 4.72. The summed E-state index contributed by atoms with van der Waals surface area (Å²) in [7, 11) is 0. The van der Waals surface area contributed by atoms with Crippen molar-refractivity contribution >= 4 is 17.4 Å². The number of ether oxygens (including phenoxy) is 1. The highest BCUT2D eigenvalue weighted by Crippen LogP contribution is 2.44. The van der Waals surface area contributed by atoms with Gasteiger partial charge >= 0.3 is 0 Å². The first-order valence-electron chi connectivity index (χ1n) is 11.1. The van der Waals surface area contributed by atoms with Crippen molar-refractivity contribution < 1.29 is 19.4 Å². The SMILES string of the molecule is CCCOc1cccc(/C(O)=C2\C(=O)C(=O)N(C3CCCC3)C2c2ccccc2C)c1. The third kappa shape index (κ3) is 3.97. The Kier molecular flexibility index (Phi) is 6.12. The van der Waals surface area contributed by atoms with Crippen LogP contribution in [0.3, 0.4) is 0 Å². The van der Waals surface area contributed by atoms with Crippen LogP contribution in [0.5, 0.6) is 5.75 Å². The highest BCUT2D eigenvalue weighted by atomic mass is 16.5. The third-order valence-electron chi connectivity index (χ3n) is 6.26. The second kappa shape index (κ2) is 8.96. The molecule has 5 nitrogen and oxygen atoms in total. The monoisotopic (exact) mass is 419 g/mol. The zero-order valence-electron chi connectivity index (χ0n) is 18.1. The van der Waals surface area contributed by atoms with Crippen LogP contribution in [0.2, 0.25) is 0 Å². The Morgan fingerprint density at radius 1 is 1.10 bits per heavy atom. The molecule has 2 aromatic carbocycles. The van der Waals surface area contributed by atoms with Gasteiger partial charge in [-0.1, -0.05) is 56.2 Å². The lowest BCUT2D eigenvalue weighted by Gasteiger charge is -2.31. The molecule has 1 amide bonds. The first kappa shape index (κ1) is 21.2. The average Bonchev–Trinajstić information content (AvgIpc) is 3.39. The number of aryl methyl sites for hydroxylation is 1. The van der Waals surface area contributed by atoms with Gasteiger partial charge < -0.3 is 14.7 Å². The maximum absolute atomic E-state index is 13.2. The summed E-state index contributed by atoms with van der Waals surface area (Å²) in [5.41, 5.74) is 2.52. The number of rotatable bonds is 6. The van der Waals surface area contributed by atoms with Gasteiger partial charge in [0, 0.05) is 11.6 Å². The normalized spacial score (nSPS) is 21.1. The van der Waals surface area contributed by atoms with Crippen LogP contribution in [0.15, 0.2) is 54.1 Å². The molecule has 31 heavy (non-hydrogen) atoms. The number of nitrogens with zero attached hydrogens (tertiary/aromatic N) is 1. The van der Waals surface area contributed by atoms with Gasteiger partial charge in [-0.05, 0) is 49.4 Å². The van der Waals surface area contributed by atoms with Gasteiger partial charge in [0.1, 0.15) is 11.5 Å². The van der Waals surface area contributed by atoms with E-state index in [1.807, 2.05) is 44.2 Å². The number of likely N-dealkylation sites (tertiary alicyclic amines) is 1. The van der Waals surface area contributed by atoms with Gasteiger partial charge in [0.2, 0.25) is 0 Å². The molecule has 1 atom stereocenters. The van der Waals surface area contributed by atoms with Crippen LogP contribution < -0.4 is 4.74 Å². The molecular weight excluding hydrogens is 390 g/mol. The van der Waals surface area contributed by atoms with Crippen molar-refractivity contribution in [2.24, 2.45) is 0 Å². The van der Waals surface area contributed by atoms with Crippen molar-refractivity contribution in [2.45, 2.75) is 58.0 Å². The Morgan fingerprint density at radius 3 is 2.55 bits per heavy atom. The van der Waals surface area contributed by atoms with Gasteiger partial charge in [-0.3, -0.25) is 9.59 Å². The van der Waals surface area contributed by atoms with Crippen LogP contribution in [0.25, 0.3) is 5.76 Å². The van der Waals surface area contributed by atoms with Crippen LogP contribution >= 0.6 is 0 Å². The van der Waals surface area contributed by atoms with Gasteiger partial charge in [0.15, 0.2) is 0 Å². The summed E-state index contributed by atoms with van der Waals surface area (Å²) in [6, 6.07) is 14.3. The molecule has 0 aromatic heterocycles. The number of aliphatic hydroxyl groups excluding tert-OH is 1. The molecule has 0 radical (unpaired) electrons. The first-order chi connectivity index (χ1) is 15.0. The number of amides is 1. The van der Waals surface area contributed by atoms with Gasteiger partial charge in [-0.25, -0.2) is 0 Å². The number of benzene rings is 2. The number of hydrogen-bond acceptors (Lipinski definition) is 4. The van der Waals surface area contributed by atoms with E-state index in [-0.39, 0.29) is 17.4 Å². The second-order valence-corrected chi connectivity index (χ2v) is 8.38. The Bertz CT molecular complexity index is 1020. The Hall–Kier alpha value is -3.08. The minimum atomic E-state index is -0.613. The molecule has 1 aliphatic carbocycles. The van der Waals surface area contributed by atoms with Crippen LogP contribution in [0.4, 0.5) is 0 Å². The lowest BCUT2D eigenvalue weighted by molar-refractivity contribution is -0.141. The molecule has 2 aromatic rings. The van der Waals surface area contributed by atoms with E-state index in [2.05, 4.69) is 0 Å². The van der Waals surface area contributed by atoms with Crippen LogP contribution in [-0.4, -0.2) is 34.3 Å². The van der Waals surface area contributed by atoms with Crippen LogP contribution in [-0.2, 0) is 9.59 Å². The van der Waals surface area contributed by atoms with Crippen molar-refractivity contribution in [3.05, 3.63) is 70.8 Å². The molecule has 1 saturated heterocycles. The highest BCUT2D eigenvalue weighted by molar-refractivity contribution is 6.46. The molecule has 1 unspecified atom stereocenters. The molecule has 4 rings (SSSR count). The maximum atomic E-state index is 13.2. The zero-order valence-corrected chi connectivity index (χ0v) is 18.1. The maximum Gasteiger partial charge on any atom is 0.295 e. The molecule has 1 saturated carbocycles. The molecule has 162 valence electrons. The van der Waals surface area contributed by atoms with E-state index in [0.717, 1.165) is 43.2 Å². The molecule has 2 fully saturated rings. The van der Waals surface area contributed by atoms with E-state index in [1.165, 1.54) is 0 Å². The van der Waals surface area contributed by atoms with Crippen molar-refractivity contribution in [1.82, 2.24) is 4.90 Å². The Balaban J connectivity index is 1.85. The summed E-state index contributed by atoms with van der Waals surface area (Å²) in [5, 5.41) is 11.3. The van der Waals surface area contributed by atoms with E-state index in [0.29, 0.717) is 17.9 Å².